The first-order valence-corrected chi connectivity index (χ1v) is 27.5. The third-order valence-electron chi connectivity index (χ3n) is 11.2. The van der Waals surface area contributed by atoms with Crippen LogP contribution in [0, 0.1) is 6.67 Å². The summed E-state index contributed by atoms with van der Waals surface area (Å²) in [4.78, 5) is 39.4. The van der Waals surface area contributed by atoms with Gasteiger partial charge in [0.1, 0.15) is 12.4 Å². The van der Waals surface area contributed by atoms with E-state index in [2.05, 4.69) is 145 Å². The molecule has 0 atom stereocenters. The summed E-state index contributed by atoms with van der Waals surface area (Å²) in [5.41, 5.74) is 3.81. The molecule has 0 unspecified atom stereocenters. The molecular formula is C57H64BrClN14Pt2. The molecule has 10 rings (SSSR count). The molecule has 396 valence electrons. The van der Waals surface area contributed by atoms with E-state index in [1.54, 1.807) is 43.6 Å². The Labute approximate surface area is 483 Å². The second-order valence-corrected chi connectivity index (χ2v) is 16.9. The van der Waals surface area contributed by atoms with Gasteiger partial charge in [0.25, 0.3) is 0 Å². The molecule has 14 nitrogen and oxygen atoms in total. The van der Waals surface area contributed by atoms with E-state index in [4.69, 9.17) is 0 Å². The molecule has 0 radical (unpaired) electrons. The maximum absolute atomic E-state index is 4.61. The van der Waals surface area contributed by atoms with Crippen LogP contribution in [-0.4, -0.2) is 71.2 Å². The normalized spacial score (nSPS) is 14.5. The molecule has 0 saturated heterocycles. The van der Waals surface area contributed by atoms with Crippen LogP contribution in [0.25, 0.3) is 10.6 Å². The summed E-state index contributed by atoms with van der Waals surface area (Å²) in [6.07, 6.45) is 29.6. The van der Waals surface area contributed by atoms with E-state index in [1.165, 1.54) is 64.3 Å². The molecule has 7 aromatic rings. The number of nitrogens with zero attached hydrogens (tertiary/aromatic N) is 14. The van der Waals surface area contributed by atoms with Gasteiger partial charge >= 0.3 is 49.3 Å². The zero-order valence-corrected chi connectivity index (χ0v) is 49.6. The fraction of sp³-hybridized carbons (Fsp3) is 0.263. The number of aryl methyl sites for hydroxylation is 2. The number of pyridine rings is 4. The van der Waals surface area contributed by atoms with Gasteiger partial charge in [-0.05, 0) is 116 Å². The average molecular weight is 1450 g/mol. The molecule has 3 aliphatic rings. The molecule has 3 aliphatic heterocycles. The number of fused-ring (bicyclic) bond motifs is 2. The van der Waals surface area contributed by atoms with Gasteiger partial charge in [0, 0.05) is 48.1 Å². The van der Waals surface area contributed by atoms with Crippen molar-refractivity contribution in [3.8, 4) is 0 Å². The van der Waals surface area contributed by atoms with Crippen LogP contribution in [0.4, 0.5) is 23.3 Å². The number of benzene rings is 2. The molecule has 0 saturated carbocycles. The molecule has 18 heteroatoms. The van der Waals surface area contributed by atoms with Crippen molar-refractivity contribution in [2.45, 2.75) is 78.2 Å². The number of halogens is 2. The van der Waals surface area contributed by atoms with Crippen LogP contribution in [0.1, 0.15) is 93.9 Å². The van der Waals surface area contributed by atoms with E-state index in [0.29, 0.717) is 46.6 Å². The van der Waals surface area contributed by atoms with Crippen LogP contribution in [0.3, 0.4) is 0 Å². The van der Waals surface area contributed by atoms with E-state index >= 15 is 0 Å². The third-order valence-corrected chi connectivity index (χ3v) is 11.2. The Morgan fingerprint density at radius 3 is 1.21 bits per heavy atom. The summed E-state index contributed by atoms with van der Waals surface area (Å²) in [5, 5.41) is 9.13. The minimum atomic E-state index is 0. The quantitative estimate of drug-likeness (QED) is 0.0568. The van der Waals surface area contributed by atoms with Crippen LogP contribution in [0.15, 0.2) is 197 Å². The van der Waals surface area contributed by atoms with Gasteiger partial charge in [0.2, 0.25) is 6.33 Å². The standard InChI is InChI=1S/2C18H12N5.C12H23N2.C9H17N2.BrH.ClH.2Pt/c2*1-2-8-14-13(7-1)17(21-15-9-3-5-11-19-15)23-18(14)22-16-10-4-6-12-20-16;1-3-4-5-6-7-8-9-14-11-10-13(2)12-14;1-3-4-5-6-11-8-7-10(2)9-11;;;;/h2*1-12H;10-12H,3-9H2,1-2H3;7-9H,3-6H2,1-2H3;2*1H;;/q3*-1;+1;;;2*+2/p-2. The number of unbranched alkanes of at least 4 members (excludes halogenated alkanes) is 7. The van der Waals surface area contributed by atoms with Crippen molar-refractivity contribution in [2.75, 3.05) is 13.6 Å². The van der Waals surface area contributed by atoms with Crippen molar-refractivity contribution in [1.82, 2.24) is 34.3 Å². The Kier molecular flexibility index (Phi) is 29.0. The van der Waals surface area contributed by atoms with Gasteiger partial charge in [-0.25, -0.2) is 9.13 Å². The first kappa shape index (κ1) is 61.6. The molecule has 0 amide bonds. The molecule has 5 aromatic heterocycles. The smallest absolute Gasteiger partial charge is 0.357 e. The van der Waals surface area contributed by atoms with Gasteiger partial charge in [0.05, 0.1) is 36.9 Å². The van der Waals surface area contributed by atoms with Gasteiger partial charge in [0.15, 0.2) is 0 Å². The zero-order valence-electron chi connectivity index (χ0n) is 42.7. The number of aliphatic imine (C=N–C) groups is 4. The molecule has 0 N–H and O–H groups in total. The topological polar surface area (TPSA) is 144 Å². The van der Waals surface area contributed by atoms with Gasteiger partial charge < -0.3 is 57.4 Å². The van der Waals surface area contributed by atoms with Gasteiger partial charge in [-0.15, -0.1) is 0 Å². The number of hydrogen-bond acceptors (Lipinski definition) is 10. The van der Waals surface area contributed by atoms with Crippen molar-refractivity contribution < 1.29 is 61.4 Å². The maximum Gasteiger partial charge on any atom is 2.00 e. The van der Waals surface area contributed by atoms with Crippen LogP contribution in [0.5, 0.6) is 0 Å². The van der Waals surface area contributed by atoms with Crippen LogP contribution >= 0.6 is 9.42 Å². The second-order valence-electron chi connectivity index (χ2n) is 16.9. The zero-order chi connectivity index (χ0) is 51.3. The molecule has 0 bridgehead atoms. The van der Waals surface area contributed by atoms with Crippen molar-refractivity contribution >= 4 is 56.0 Å². The molecular weight excluding hydrogens is 1390 g/mol. The van der Waals surface area contributed by atoms with Gasteiger partial charge in [-0.1, -0.05) is 125 Å². The summed E-state index contributed by atoms with van der Waals surface area (Å²) in [6, 6.07) is 38.2. The molecule has 0 fully saturated rings. The number of rotatable bonds is 15. The Balaban J connectivity index is 0.000000221. The van der Waals surface area contributed by atoms with E-state index < -0.39 is 0 Å². The van der Waals surface area contributed by atoms with Crippen LogP contribution < -0.4 is 21.5 Å². The van der Waals surface area contributed by atoms with Crippen molar-refractivity contribution in [3.63, 3.8) is 0 Å². The summed E-state index contributed by atoms with van der Waals surface area (Å²) in [6.45, 7) is 8.98. The van der Waals surface area contributed by atoms with Crippen molar-refractivity contribution in [2.24, 2.45) is 27.0 Å². The Hall–Kier alpha value is -5.98. The average Bonchev–Trinajstić information content (AvgIpc) is 4.23. The number of amidine groups is 4. The molecule has 0 aliphatic carbocycles. The third kappa shape index (κ3) is 20.9. The van der Waals surface area contributed by atoms with E-state index in [9.17, 15) is 0 Å². The molecule has 8 heterocycles. The summed E-state index contributed by atoms with van der Waals surface area (Å²) in [7, 11) is 8.73. The minimum Gasteiger partial charge on any atom is -0.357 e. The minimum absolute atomic E-state index is 0. The number of aromatic nitrogens is 6. The SMILES string of the molecule is CCCCCCCCN1C=CN(C)[CH-]1.CCCCCn1cc[n+](C)c1.[Br-].[Cl][Pt+].[Pt+2].c1ccc(N=C2[N-]C(=Nc3ccccn3)c3ccccc32)nc1.c1ccc(N=C2[N-]C(=Nc3ccccn3)c3ccccc32)nc1. The first-order chi connectivity index (χ1) is 35.9. The monoisotopic (exact) mass is 1450 g/mol. The Bertz CT molecular complexity index is 2550. The second kappa shape index (κ2) is 35.3. The van der Waals surface area contributed by atoms with E-state index in [1.807, 2.05) is 121 Å². The van der Waals surface area contributed by atoms with Crippen molar-refractivity contribution in [3.05, 3.63) is 217 Å². The summed E-state index contributed by atoms with van der Waals surface area (Å²) < 4.78 is 4.31. The number of imidazole rings is 1. The Morgan fingerprint density at radius 1 is 0.520 bits per heavy atom. The van der Waals surface area contributed by atoms with E-state index in [-0.39, 0.29) is 38.0 Å². The predicted molar refractivity (Wildman–Crippen MR) is 294 cm³/mol. The largest absolute Gasteiger partial charge is 2.00 e. The molecule has 2 aromatic carbocycles. The molecule has 0 spiro atoms. The Morgan fingerprint density at radius 2 is 0.880 bits per heavy atom. The van der Waals surface area contributed by atoms with Gasteiger partial charge in [-0.2, -0.15) is 6.67 Å². The fourth-order valence-electron chi connectivity index (χ4n) is 7.53. The number of hydrogen-bond donors (Lipinski definition) is 0. The van der Waals surface area contributed by atoms with Crippen LogP contribution in [-0.2, 0) is 53.4 Å². The summed E-state index contributed by atoms with van der Waals surface area (Å²) in [5.74, 6) is 4.98. The summed E-state index contributed by atoms with van der Waals surface area (Å²) >= 11 is 1.61. The molecule has 75 heavy (non-hydrogen) atoms. The van der Waals surface area contributed by atoms with Crippen LogP contribution in [0.2, 0.25) is 0 Å². The predicted octanol–water partition coefficient (Wildman–Crippen LogP) is 10.4. The first-order valence-electron chi connectivity index (χ1n) is 24.7. The maximum atomic E-state index is 4.61. The fourth-order valence-corrected chi connectivity index (χ4v) is 7.53. The van der Waals surface area contributed by atoms with Gasteiger partial charge in [-0.3, -0.25) is 19.9 Å². The van der Waals surface area contributed by atoms with Crippen molar-refractivity contribution in [1.29, 1.82) is 0 Å². The van der Waals surface area contributed by atoms with E-state index in [0.717, 1.165) is 28.8 Å².